The van der Waals surface area contributed by atoms with Crippen LogP contribution in [0.2, 0.25) is 14.8 Å². The second-order valence-corrected chi connectivity index (χ2v) is 19.8. The quantitative estimate of drug-likeness (QED) is 0.577. The second kappa shape index (κ2) is 5.37. The number of carbonyl (C=O) groups is 1. The van der Waals surface area contributed by atoms with E-state index in [9.17, 15) is 4.79 Å². The first kappa shape index (κ1) is 13.1. The van der Waals surface area contributed by atoms with Crippen molar-refractivity contribution in [2.24, 2.45) is 0 Å². The van der Waals surface area contributed by atoms with Gasteiger partial charge in [-0.25, -0.2) is 0 Å². The van der Waals surface area contributed by atoms with E-state index < -0.39 is 18.4 Å². The average Bonchev–Trinajstić information content (AvgIpc) is 2.40. The molecule has 0 aliphatic heterocycles. The van der Waals surface area contributed by atoms with Gasteiger partial charge in [0, 0.05) is 0 Å². The molecule has 0 aromatic carbocycles. The normalized spacial score (nSPS) is 18.7. The zero-order valence-corrected chi connectivity index (χ0v) is 13.2. The number of ether oxygens (including phenoxy) is 1. The van der Waals surface area contributed by atoms with Crippen molar-refractivity contribution in [2.45, 2.75) is 46.9 Å². The van der Waals surface area contributed by atoms with Crippen LogP contribution in [0.5, 0.6) is 0 Å². The van der Waals surface area contributed by atoms with Crippen LogP contribution in [0.15, 0.2) is 9.16 Å². The Hall–Kier alpha value is 0.00870. The van der Waals surface area contributed by atoms with Crippen LogP contribution in [-0.4, -0.2) is 31.5 Å². The molecule has 0 fully saturated rings. The minimum atomic E-state index is -2.09. The molecule has 0 amide bonds. The van der Waals surface area contributed by atoms with Crippen LogP contribution >= 0.6 is 0 Å². The molecule has 86 valence electrons. The van der Waals surface area contributed by atoms with E-state index in [-0.39, 0.29) is 5.97 Å². The summed E-state index contributed by atoms with van der Waals surface area (Å²) in [4.78, 5) is 18.9. The summed E-state index contributed by atoms with van der Waals surface area (Å²) in [6.45, 7) is 0. The van der Waals surface area contributed by atoms with Gasteiger partial charge in [-0.3, -0.25) is 0 Å². The van der Waals surface area contributed by atoms with E-state index in [0.717, 1.165) is 24.8 Å². The van der Waals surface area contributed by atoms with Gasteiger partial charge < -0.3 is 0 Å². The molecule has 0 aromatic heterocycles. The third-order valence-corrected chi connectivity index (χ3v) is 9.80. The summed E-state index contributed by atoms with van der Waals surface area (Å²) in [6.07, 6.45) is 5.74. The van der Waals surface area contributed by atoms with Gasteiger partial charge >= 0.3 is 97.1 Å². The zero-order chi connectivity index (χ0) is 11.5. The standard InChI is InChI=1S/C9H13O2.3CH3.Sn/c1-11-9(10)8-6-4-2-3-5-7-8;;;;/h2-6H2,1H3;3*1H3;. The van der Waals surface area contributed by atoms with E-state index in [2.05, 4.69) is 14.8 Å². The Balaban J connectivity index is 3.06. The Labute approximate surface area is 97.0 Å². The average molecular weight is 317 g/mol. The van der Waals surface area contributed by atoms with Crippen LogP contribution in [0, 0.1) is 0 Å². The fourth-order valence-corrected chi connectivity index (χ4v) is 8.14. The van der Waals surface area contributed by atoms with E-state index >= 15 is 0 Å². The molecule has 0 aromatic rings. The summed E-state index contributed by atoms with van der Waals surface area (Å²) in [5.41, 5.74) is 1.03. The Bertz CT molecular complexity index is 274. The second-order valence-electron chi connectivity index (χ2n) is 5.26. The molecule has 0 radical (unpaired) electrons. The Morgan fingerprint density at radius 3 is 2.27 bits per heavy atom. The molecule has 15 heavy (non-hydrogen) atoms. The van der Waals surface area contributed by atoms with Crippen molar-refractivity contribution in [2.75, 3.05) is 7.11 Å². The SMILES string of the molecule is COC(=O)C1=[C]([Sn]([CH3])([CH3])[CH3])CCCCC1. The zero-order valence-electron chi connectivity index (χ0n) is 10.4. The molecule has 0 unspecified atom stereocenters. The van der Waals surface area contributed by atoms with Crippen molar-refractivity contribution in [3.8, 4) is 0 Å². The van der Waals surface area contributed by atoms with E-state index in [0.29, 0.717) is 0 Å². The monoisotopic (exact) mass is 318 g/mol. The van der Waals surface area contributed by atoms with Gasteiger partial charge in [0.15, 0.2) is 0 Å². The Morgan fingerprint density at radius 2 is 1.73 bits per heavy atom. The van der Waals surface area contributed by atoms with E-state index in [1.807, 2.05) is 0 Å². The van der Waals surface area contributed by atoms with E-state index in [1.165, 1.54) is 23.5 Å². The molecule has 0 heterocycles. The van der Waals surface area contributed by atoms with Crippen LogP contribution in [0.4, 0.5) is 0 Å². The molecule has 2 nitrogen and oxygen atoms in total. The maximum absolute atomic E-state index is 11.7. The molecule has 0 spiro atoms. The fraction of sp³-hybridized carbons (Fsp3) is 0.750. The molecule has 0 atom stereocenters. The molecular weight excluding hydrogens is 295 g/mol. The predicted molar refractivity (Wildman–Crippen MR) is 65.5 cm³/mol. The summed E-state index contributed by atoms with van der Waals surface area (Å²) in [5, 5.41) is 0. The number of rotatable bonds is 2. The van der Waals surface area contributed by atoms with Crippen molar-refractivity contribution in [3.05, 3.63) is 9.16 Å². The van der Waals surface area contributed by atoms with Gasteiger partial charge in [0.2, 0.25) is 0 Å². The summed E-state index contributed by atoms with van der Waals surface area (Å²) >= 11 is -2.09. The summed E-state index contributed by atoms with van der Waals surface area (Å²) in [7, 11) is 1.50. The number of esters is 1. The van der Waals surface area contributed by atoms with Gasteiger partial charge in [0.1, 0.15) is 0 Å². The molecule has 1 rings (SSSR count). The van der Waals surface area contributed by atoms with Gasteiger partial charge in [-0.05, 0) is 0 Å². The van der Waals surface area contributed by atoms with Crippen LogP contribution in [0.1, 0.15) is 32.1 Å². The molecule has 0 saturated carbocycles. The van der Waals surface area contributed by atoms with Crippen LogP contribution in [0.3, 0.4) is 0 Å². The van der Waals surface area contributed by atoms with Crippen molar-refractivity contribution in [1.29, 1.82) is 0 Å². The number of hydrogen-bond donors (Lipinski definition) is 0. The first-order valence-electron chi connectivity index (χ1n) is 5.77. The number of methoxy groups -OCH3 is 1. The van der Waals surface area contributed by atoms with Crippen molar-refractivity contribution >= 4 is 24.3 Å². The Morgan fingerprint density at radius 1 is 1.13 bits per heavy atom. The third-order valence-electron chi connectivity index (χ3n) is 3.05. The Kier molecular flexibility index (Phi) is 4.68. The van der Waals surface area contributed by atoms with Gasteiger partial charge in [0.05, 0.1) is 0 Å². The first-order chi connectivity index (χ1) is 6.96. The van der Waals surface area contributed by atoms with E-state index in [1.54, 1.807) is 0 Å². The topological polar surface area (TPSA) is 26.3 Å². The number of allylic oxidation sites excluding steroid dienone is 1. The van der Waals surface area contributed by atoms with Gasteiger partial charge in [-0.2, -0.15) is 0 Å². The molecule has 3 heteroatoms. The first-order valence-corrected chi connectivity index (χ1v) is 15.8. The van der Waals surface area contributed by atoms with Crippen LogP contribution in [-0.2, 0) is 9.53 Å². The maximum atomic E-state index is 11.7. The number of carbonyl (C=O) groups excluding carboxylic acids is 1. The fourth-order valence-electron chi connectivity index (χ4n) is 2.26. The summed E-state index contributed by atoms with van der Waals surface area (Å²) in [6, 6.07) is 0. The van der Waals surface area contributed by atoms with Crippen LogP contribution in [0.25, 0.3) is 0 Å². The molecule has 0 saturated heterocycles. The van der Waals surface area contributed by atoms with Gasteiger partial charge in [-0.15, -0.1) is 0 Å². The molecule has 1 aliphatic rings. The van der Waals surface area contributed by atoms with Crippen molar-refractivity contribution in [1.82, 2.24) is 0 Å². The summed E-state index contributed by atoms with van der Waals surface area (Å²) < 4.78 is 6.42. The van der Waals surface area contributed by atoms with Crippen molar-refractivity contribution in [3.63, 3.8) is 0 Å². The van der Waals surface area contributed by atoms with Crippen molar-refractivity contribution < 1.29 is 9.53 Å². The van der Waals surface area contributed by atoms with Crippen LogP contribution < -0.4 is 0 Å². The minimum absolute atomic E-state index is 0.0708. The van der Waals surface area contributed by atoms with E-state index in [4.69, 9.17) is 4.74 Å². The predicted octanol–water partition coefficient (Wildman–Crippen LogP) is 3.30. The molecule has 1 aliphatic carbocycles. The molecular formula is C12H22O2Sn. The summed E-state index contributed by atoms with van der Waals surface area (Å²) in [5.74, 6) is -0.0708. The third kappa shape index (κ3) is 3.50. The number of hydrogen-bond acceptors (Lipinski definition) is 2. The molecule has 0 bridgehead atoms. The van der Waals surface area contributed by atoms with Gasteiger partial charge in [-0.1, -0.05) is 0 Å². The van der Waals surface area contributed by atoms with Gasteiger partial charge in [0.25, 0.3) is 0 Å². The molecule has 0 N–H and O–H groups in total.